The van der Waals surface area contributed by atoms with Crippen LogP contribution in [0.4, 0.5) is 0 Å². The fourth-order valence-corrected chi connectivity index (χ4v) is 0.912. The molecule has 0 saturated carbocycles. The smallest absolute Gasteiger partial charge is 0.106 e. The van der Waals surface area contributed by atoms with E-state index in [0.29, 0.717) is 6.54 Å². The molecule has 0 fully saturated rings. The van der Waals surface area contributed by atoms with E-state index in [1.54, 1.807) is 12.5 Å². The Balaban J connectivity index is 2.32. The van der Waals surface area contributed by atoms with Gasteiger partial charge in [-0.25, -0.2) is 0 Å². The Labute approximate surface area is 78.5 Å². The van der Waals surface area contributed by atoms with E-state index in [0.717, 1.165) is 18.7 Å². The van der Waals surface area contributed by atoms with Crippen LogP contribution in [0.2, 0.25) is 0 Å². The molecule has 1 aromatic rings. The third kappa shape index (κ3) is 3.79. The van der Waals surface area contributed by atoms with Gasteiger partial charge in [-0.05, 0) is 13.1 Å². The number of hydrogen-bond donors (Lipinski definition) is 1. The molecule has 1 heterocycles. The highest BCUT2D eigenvalue weighted by Gasteiger charge is 1.91. The summed E-state index contributed by atoms with van der Waals surface area (Å²) in [4.78, 5) is 2.08. The average molecular weight is 178 g/mol. The van der Waals surface area contributed by atoms with Crippen molar-refractivity contribution in [2.75, 3.05) is 26.7 Å². The number of rotatable bonds is 3. The molecule has 0 aromatic carbocycles. The summed E-state index contributed by atoms with van der Waals surface area (Å²) in [5.41, 5.74) is 6.31. The van der Waals surface area contributed by atoms with Gasteiger partial charge in [0.15, 0.2) is 0 Å². The minimum absolute atomic E-state index is 0.671. The first-order valence-electron chi connectivity index (χ1n) is 4.22. The Morgan fingerprint density at radius 1 is 1.62 bits per heavy atom. The van der Waals surface area contributed by atoms with E-state index in [1.165, 1.54) is 0 Å². The molecule has 0 bridgehead atoms. The Hall–Kier alpha value is -1.24. The molecule has 3 nitrogen and oxygen atoms in total. The zero-order chi connectivity index (χ0) is 9.52. The van der Waals surface area contributed by atoms with Gasteiger partial charge in [-0.1, -0.05) is 11.8 Å². The fourth-order valence-electron chi connectivity index (χ4n) is 0.912. The molecule has 0 aliphatic carbocycles. The van der Waals surface area contributed by atoms with Gasteiger partial charge in [0, 0.05) is 13.1 Å². The fraction of sp³-hybridized carbons (Fsp3) is 0.400. The summed E-state index contributed by atoms with van der Waals surface area (Å²) in [6.45, 7) is 2.28. The number of nitrogens with two attached hydrogens (primary N) is 1. The predicted octanol–water partition coefficient (Wildman–Crippen LogP) is 0.522. The van der Waals surface area contributed by atoms with Gasteiger partial charge in [0.1, 0.15) is 6.26 Å². The molecule has 0 spiro atoms. The Kier molecular flexibility index (Phi) is 4.10. The second-order valence-corrected chi connectivity index (χ2v) is 2.84. The van der Waals surface area contributed by atoms with Crippen LogP contribution in [0.15, 0.2) is 23.0 Å². The van der Waals surface area contributed by atoms with Crippen LogP contribution in [-0.4, -0.2) is 31.6 Å². The van der Waals surface area contributed by atoms with Crippen molar-refractivity contribution in [3.8, 4) is 11.8 Å². The lowest BCUT2D eigenvalue weighted by Gasteiger charge is -2.09. The van der Waals surface area contributed by atoms with Crippen molar-refractivity contribution in [2.45, 2.75) is 0 Å². The predicted molar refractivity (Wildman–Crippen MR) is 52.1 cm³/mol. The third-order valence-electron chi connectivity index (χ3n) is 1.61. The Morgan fingerprint density at radius 2 is 2.46 bits per heavy atom. The maximum absolute atomic E-state index is 5.39. The molecular formula is C10H14N2O. The van der Waals surface area contributed by atoms with Crippen LogP contribution >= 0.6 is 0 Å². The highest BCUT2D eigenvalue weighted by Crippen LogP contribution is 1.95. The van der Waals surface area contributed by atoms with Crippen LogP contribution in [-0.2, 0) is 0 Å². The van der Waals surface area contributed by atoms with Crippen LogP contribution in [0.3, 0.4) is 0 Å². The van der Waals surface area contributed by atoms with Crippen LogP contribution in [0.5, 0.6) is 0 Å². The van der Waals surface area contributed by atoms with Crippen LogP contribution in [0, 0.1) is 11.8 Å². The van der Waals surface area contributed by atoms with Gasteiger partial charge in [0.25, 0.3) is 0 Å². The lowest BCUT2D eigenvalue weighted by atomic mass is 10.3. The van der Waals surface area contributed by atoms with E-state index in [-0.39, 0.29) is 0 Å². The molecule has 3 heteroatoms. The number of likely N-dealkylation sites (N-methyl/N-ethyl adjacent to an activating group) is 1. The molecule has 0 amide bonds. The van der Waals surface area contributed by atoms with Gasteiger partial charge in [0.2, 0.25) is 0 Å². The van der Waals surface area contributed by atoms with Crippen molar-refractivity contribution in [3.63, 3.8) is 0 Å². The Bertz CT molecular complexity index is 282. The highest BCUT2D eigenvalue weighted by molar-refractivity contribution is 5.30. The largest absolute Gasteiger partial charge is 0.471 e. The molecule has 0 unspecified atom stereocenters. The summed E-state index contributed by atoms with van der Waals surface area (Å²) in [6.07, 6.45) is 3.25. The first kappa shape index (κ1) is 9.85. The van der Waals surface area contributed by atoms with Crippen LogP contribution < -0.4 is 5.73 Å². The van der Waals surface area contributed by atoms with Crippen molar-refractivity contribution in [1.29, 1.82) is 0 Å². The zero-order valence-electron chi connectivity index (χ0n) is 7.79. The lowest BCUT2D eigenvalue weighted by Crippen LogP contribution is -2.25. The lowest BCUT2D eigenvalue weighted by molar-refractivity contribution is 0.386. The Morgan fingerprint density at radius 3 is 3.08 bits per heavy atom. The second kappa shape index (κ2) is 5.41. The molecule has 0 radical (unpaired) electrons. The third-order valence-corrected chi connectivity index (χ3v) is 1.61. The van der Waals surface area contributed by atoms with E-state index in [4.69, 9.17) is 10.2 Å². The quantitative estimate of drug-likeness (QED) is 0.686. The minimum Gasteiger partial charge on any atom is -0.471 e. The van der Waals surface area contributed by atoms with E-state index < -0.39 is 0 Å². The van der Waals surface area contributed by atoms with E-state index in [2.05, 4.69) is 16.7 Å². The average Bonchev–Trinajstić information content (AvgIpc) is 2.57. The molecule has 0 atom stereocenters. The summed E-state index contributed by atoms with van der Waals surface area (Å²) in [5, 5.41) is 0. The van der Waals surface area contributed by atoms with Crippen LogP contribution in [0.25, 0.3) is 0 Å². The molecule has 1 rings (SSSR count). The second-order valence-electron chi connectivity index (χ2n) is 2.84. The van der Waals surface area contributed by atoms with Crippen molar-refractivity contribution in [3.05, 3.63) is 24.2 Å². The standard InChI is InChI=1S/C10H14N2O/c1-12(7-5-11)6-2-3-10-4-8-13-9-10/h4,8-9H,5-7,11H2,1H3. The van der Waals surface area contributed by atoms with E-state index >= 15 is 0 Å². The molecule has 1 aromatic heterocycles. The van der Waals surface area contributed by atoms with Gasteiger partial charge in [-0.2, -0.15) is 0 Å². The molecule has 0 aliphatic rings. The monoisotopic (exact) mass is 178 g/mol. The summed E-state index contributed by atoms with van der Waals surface area (Å²) in [7, 11) is 2.00. The normalized spacial score (nSPS) is 9.77. The number of nitrogens with zero attached hydrogens (tertiary/aromatic N) is 1. The maximum Gasteiger partial charge on any atom is 0.106 e. The molecular weight excluding hydrogens is 164 g/mol. The topological polar surface area (TPSA) is 42.4 Å². The van der Waals surface area contributed by atoms with Crippen molar-refractivity contribution < 1.29 is 4.42 Å². The summed E-state index contributed by atoms with van der Waals surface area (Å²) in [6, 6.07) is 1.84. The molecule has 0 saturated heterocycles. The summed E-state index contributed by atoms with van der Waals surface area (Å²) >= 11 is 0. The molecule has 2 N–H and O–H groups in total. The van der Waals surface area contributed by atoms with Crippen molar-refractivity contribution in [1.82, 2.24) is 4.90 Å². The first-order valence-corrected chi connectivity index (χ1v) is 4.22. The van der Waals surface area contributed by atoms with Crippen molar-refractivity contribution in [2.24, 2.45) is 5.73 Å². The highest BCUT2D eigenvalue weighted by atomic mass is 16.3. The van der Waals surface area contributed by atoms with Gasteiger partial charge >= 0.3 is 0 Å². The van der Waals surface area contributed by atoms with Crippen LogP contribution in [0.1, 0.15) is 5.56 Å². The molecule has 70 valence electrons. The minimum atomic E-state index is 0.671. The van der Waals surface area contributed by atoms with Crippen molar-refractivity contribution >= 4 is 0 Å². The number of furan rings is 1. The summed E-state index contributed by atoms with van der Waals surface area (Å²) in [5.74, 6) is 6.02. The van der Waals surface area contributed by atoms with Gasteiger partial charge in [-0.15, -0.1) is 0 Å². The SMILES string of the molecule is CN(CC#Cc1ccoc1)CCN. The first-order chi connectivity index (χ1) is 6.33. The van der Waals surface area contributed by atoms with E-state index in [1.807, 2.05) is 13.1 Å². The maximum atomic E-state index is 5.39. The van der Waals surface area contributed by atoms with E-state index in [9.17, 15) is 0 Å². The van der Waals surface area contributed by atoms with Gasteiger partial charge in [0.05, 0.1) is 18.4 Å². The zero-order valence-corrected chi connectivity index (χ0v) is 7.79. The van der Waals surface area contributed by atoms with Gasteiger partial charge in [-0.3, -0.25) is 4.90 Å². The van der Waals surface area contributed by atoms with Gasteiger partial charge < -0.3 is 10.2 Å². The summed E-state index contributed by atoms with van der Waals surface area (Å²) < 4.78 is 4.88. The number of hydrogen-bond acceptors (Lipinski definition) is 3. The molecule has 0 aliphatic heterocycles. The molecule has 13 heavy (non-hydrogen) atoms.